The molecule has 9 heteroatoms. The Bertz CT molecular complexity index is 761. The molecule has 3 rings (SSSR count). The molecule has 3 N–H and O–H groups in total. The number of carbonyl (C=O) groups is 1. The zero-order valence-corrected chi connectivity index (χ0v) is 16.4. The molecular weight excluding hydrogens is 435 g/mol. The predicted octanol–water partition coefficient (Wildman–Crippen LogP) is 1.79. The normalized spacial score (nSPS) is 16.5. The molecule has 0 spiro atoms. The lowest BCUT2D eigenvalue weighted by Crippen LogP contribution is -2.40. The smallest absolute Gasteiger partial charge is 0.225 e. The van der Waals surface area contributed by atoms with Gasteiger partial charge in [-0.3, -0.25) is 9.79 Å². The Balaban J connectivity index is 0.00000225. The fourth-order valence-corrected chi connectivity index (χ4v) is 2.70. The molecule has 25 heavy (non-hydrogen) atoms. The molecule has 1 aromatic carbocycles. The summed E-state index contributed by atoms with van der Waals surface area (Å²) in [6.07, 6.45) is 0.449. The Hall–Kier alpha value is -2.17. The molecule has 2 heterocycles. The Kier molecular flexibility index (Phi) is 6.73. The molecule has 1 atom stereocenters. The van der Waals surface area contributed by atoms with Crippen LogP contribution in [0.2, 0.25) is 0 Å². The van der Waals surface area contributed by atoms with E-state index in [1.807, 2.05) is 24.3 Å². The number of para-hydroxylation sites is 1. The van der Waals surface area contributed by atoms with E-state index in [9.17, 15) is 4.79 Å². The van der Waals surface area contributed by atoms with Gasteiger partial charge in [0.15, 0.2) is 11.8 Å². The number of rotatable bonds is 4. The summed E-state index contributed by atoms with van der Waals surface area (Å²) >= 11 is 0. The van der Waals surface area contributed by atoms with Crippen molar-refractivity contribution in [2.75, 3.05) is 18.9 Å². The molecule has 1 unspecified atom stereocenters. The van der Waals surface area contributed by atoms with Crippen LogP contribution < -0.4 is 16.0 Å². The van der Waals surface area contributed by atoms with Gasteiger partial charge in [0.05, 0.1) is 6.54 Å². The maximum absolute atomic E-state index is 11.9. The van der Waals surface area contributed by atoms with Crippen LogP contribution in [0.1, 0.15) is 29.6 Å². The number of hydrogen-bond donors (Lipinski definition) is 3. The molecule has 1 aliphatic rings. The lowest BCUT2D eigenvalue weighted by atomic mass is 9.90. The molecule has 0 fully saturated rings. The fourth-order valence-electron chi connectivity index (χ4n) is 2.70. The standard InChI is InChI=1S/C16H20N6O2.HI/c1-10-20-14(22-24-10)9-19-16(17-2)18-8-11-7-15(23)21-13-6-4-3-5-12(11)13;/h3-6,11H,7-9H2,1-2H3,(H,21,23)(H2,17,18,19);1H. The van der Waals surface area contributed by atoms with Crippen LogP contribution in [0.25, 0.3) is 0 Å². The summed E-state index contributed by atoms with van der Waals surface area (Å²) in [6.45, 7) is 2.77. The number of nitrogens with one attached hydrogen (secondary N) is 3. The average Bonchev–Trinajstić information content (AvgIpc) is 3.00. The summed E-state index contributed by atoms with van der Waals surface area (Å²) in [5.41, 5.74) is 2.01. The summed E-state index contributed by atoms with van der Waals surface area (Å²) in [5, 5.41) is 13.1. The van der Waals surface area contributed by atoms with Gasteiger partial charge in [-0.1, -0.05) is 23.4 Å². The number of benzene rings is 1. The van der Waals surface area contributed by atoms with E-state index in [0.29, 0.717) is 37.2 Å². The van der Waals surface area contributed by atoms with Gasteiger partial charge in [-0.2, -0.15) is 4.98 Å². The van der Waals surface area contributed by atoms with E-state index in [1.165, 1.54) is 0 Å². The highest BCUT2D eigenvalue weighted by molar-refractivity contribution is 14.0. The lowest BCUT2D eigenvalue weighted by Gasteiger charge is -2.26. The Morgan fingerprint density at radius 3 is 2.92 bits per heavy atom. The van der Waals surface area contributed by atoms with Crippen molar-refractivity contribution in [3.8, 4) is 0 Å². The number of guanidine groups is 1. The Labute approximate surface area is 162 Å². The van der Waals surface area contributed by atoms with Gasteiger partial charge in [-0.25, -0.2) is 0 Å². The van der Waals surface area contributed by atoms with E-state index >= 15 is 0 Å². The van der Waals surface area contributed by atoms with Crippen molar-refractivity contribution in [1.82, 2.24) is 20.8 Å². The van der Waals surface area contributed by atoms with Crippen LogP contribution in [0.4, 0.5) is 5.69 Å². The van der Waals surface area contributed by atoms with E-state index in [0.717, 1.165) is 11.3 Å². The average molecular weight is 456 g/mol. The van der Waals surface area contributed by atoms with E-state index in [-0.39, 0.29) is 35.8 Å². The SMILES string of the molecule is CN=C(NCc1noc(C)n1)NCC1CC(=O)Nc2ccccc21.I. The first-order valence-corrected chi connectivity index (χ1v) is 7.78. The number of halogens is 1. The van der Waals surface area contributed by atoms with Crippen LogP contribution >= 0.6 is 24.0 Å². The Morgan fingerprint density at radius 1 is 1.40 bits per heavy atom. The number of hydrogen-bond acceptors (Lipinski definition) is 5. The molecule has 0 bridgehead atoms. The molecule has 1 aromatic heterocycles. The summed E-state index contributed by atoms with van der Waals surface area (Å²) in [4.78, 5) is 20.2. The first kappa shape index (κ1) is 19.2. The van der Waals surface area contributed by atoms with Crippen molar-refractivity contribution in [1.29, 1.82) is 0 Å². The van der Waals surface area contributed by atoms with E-state index < -0.39 is 0 Å². The molecule has 0 radical (unpaired) electrons. The molecule has 0 saturated carbocycles. The van der Waals surface area contributed by atoms with Crippen LogP contribution in [-0.4, -0.2) is 35.6 Å². The van der Waals surface area contributed by atoms with Gasteiger partial charge in [0.25, 0.3) is 0 Å². The third kappa shape index (κ3) is 4.91. The molecule has 2 aromatic rings. The third-order valence-electron chi connectivity index (χ3n) is 3.83. The number of aryl methyl sites for hydroxylation is 1. The summed E-state index contributed by atoms with van der Waals surface area (Å²) in [6, 6.07) is 7.86. The van der Waals surface area contributed by atoms with Crippen LogP contribution in [0.3, 0.4) is 0 Å². The van der Waals surface area contributed by atoms with Crippen molar-refractivity contribution in [3.05, 3.63) is 41.5 Å². The monoisotopic (exact) mass is 456 g/mol. The highest BCUT2D eigenvalue weighted by Gasteiger charge is 2.24. The number of aromatic nitrogens is 2. The highest BCUT2D eigenvalue weighted by Crippen LogP contribution is 2.31. The van der Waals surface area contributed by atoms with Gasteiger partial charge in [-0.15, -0.1) is 24.0 Å². The second-order valence-electron chi connectivity index (χ2n) is 5.57. The van der Waals surface area contributed by atoms with Crippen LogP contribution in [-0.2, 0) is 11.3 Å². The van der Waals surface area contributed by atoms with Crippen molar-refractivity contribution in [3.63, 3.8) is 0 Å². The molecule has 8 nitrogen and oxygen atoms in total. The van der Waals surface area contributed by atoms with Crippen molar-refractivity contribution in [2.45, 2.75) is 25.8 Å². The minimum atomic E-state index is 0. The fraction of sp³-hybridized carbons (Fsp3) is 0.375. The Morgan fingerprint density at radius 2 is 2.20 bits per heavy atom. The molecule has 1 amide bonds. The lowest BCUT2D eigenvalue weighted by molar-refractivity contribution is -0.116. The van der Waals surface area contributed by atoms with Gasteiger partial charge in [-0.05, 0) is 11.6 Å². The molecule has 134 valence electrons. The number of anilines is 1. The quantitative estimate of drug-likeness (QED) is 0.368. The maximum atomic E-state index is 11.9. The van der Waals surface area contributed by atoms with Gasteiger partial charge >= 0.3 is 0 Å². The predicted molar refractivity (Wildman–Crippen MR) is 105 cm³/mol. The third-order valence-corrected chi connectivity index (χ3v) is 3.83. The van der Waals surface area contributed by atoms with Crippen LogP contribution in [0.15, 0.2) is 33.8 Å². The highest BCUT2D eigenvalue weighted by atomic mass is 127. The number of aliphatic imine (C=N–C) groups is 1. The largest absolute Gasteiger partial charge is 0.356 e. The van der Waals surface area contributed by atoms with Gasteiger partial charge in [0, 0.05) is 38.5 Å². The van der Waals surface area contributed by atoms with Crippen molar-refractivity contribution in [2.24, 2.45) is 4.99 Å². The van der Waals surface area contributed by atoms with Gasteiger partial charge < -0.3 is 20.5 Å². The number of amides is 1. The maximum Gasteiger partial charge on any atom is 0.225 e. The molecule has 0 saturated heterocycles. The van der Waals surface area contributed by atoms with Crippen LogP contribution in [0.5, 0.6) is 0 Å². The van der Waals surface area contributed by atoms with Gasteiger partial charge in [0.1, 0.15) is 0 Å². The molecule has 0 aliphatic carbocycles. The minimum absolute atomic E-state index is 0. The first-order valence-electron chi connectivity index (χ1n) is 7.78. The van der Waals surface area contributed by atoms with Gasteiger partial charge in [0.2, 0.25) is 11.8 Å². The van der Waals surface area contributed by atoms with Crippen molar-refractivity contribution < 1.29 is 9.32 Å². The van der Waals surface area contributed by atoms with E-state index in [2.05, 4.69) is 31.1 Å². The van der Waals surface area contributed by atoms with E-state index in [4.69, 9.17) is 4.52 Å². The number of fused-ring (bicyclic) bond motifs is 1. The summed E-state index contributed by atoms with van der Waals surface area (Å²) in [7, 11) is 1.69. The second-order valence-corrected chi connectivity index (χ2v) is 5.57. The summed E-state index contributed by atoms with van der Waals surface area (Å²) in [5.74, 6) is 1.85. The molecular formula is C16H21IN6O2. The first-order chi connectivity index (χ1) is 11.7. The number of nitrogens with zero attached hydrogens (tertiary/aromatic N) is 3. The topological polar surface area (TPSA) is 104 Å². The van der Waals surface area contributed by atoms with Crippen LogP contribution in [0, 0.1) is 6.92 Å². The minimum Gasteiger partial charge on any atom is -0.356 e. The summed E-state index contributed by atoms with van der Waals surface area (Å²) < 4.78 is 4.93. The van der Waals surface area contributed by atoms with E-state index in [1.54, 1.807) is 14.0 Å². The number of carbonyl (C=O) groups excluding carboxylic acids is 1. The zero-order valence-electron chi connectivity index (χ0n) is 14.1. The molecule has 1 aliphatic heterocycles. The second kappa shape index (κ2) is 8.79. The van der Waals surface area contributed by atoms with Crippen molar-refractivity contribution >= 4 is 41.5 Å². The zero-order chi connectivity index (χ0) is 16.9.